The number of esters is 1. The van der Waals surface area contributed by atoms with Crippen molar-refractivity contribution in [3.63, 3.8) is 0 Å². The molecule has 1 aliphatic rings. The first-order valence-corrected chi connectivity index (χ1v) is 15.1. The van der Waals surface area contributed by atoms with Crippen LogP contribution in [-0.4, -0.2) is 63.8 Å². The second-order valence-electron chi connectivity index (χ2n) is 11.7. The van der Waals surface area contributed by atoms with E-state index in [-0.39, 0.29) is 55.1 Å². The van der Waals surface area contributed by atoms with Crippen molar-refractivity contribution in [2.24, 2.45) is 11.8 Å². The van der Waals surface area contributed by atoms with Gasteiger partial charge in [-0.15, -0.1) is 0 Å². The summed E-state index contributed by atoms with van der Waals surface area (Å²) in [4.78, 5) is 46.8. The molecule has 1 aliphatic heterocycles. The van der Waals surface area contributed by atoms with Gasteiger partial charge in [-0.2, -0.15) is 0 Å². The van der Waals surface area contributed by atoms with Crippen molar-refractivity contribution in [3.05, 3.63) is 89.8 Å². The number of aromatic amines is 1. The number of fused-ring (bicyclic) bond motifs is 3. The SMILES string of the molecule is CC1=CC(O)CC(F)Cc2nc(co2)C(=O)NC(Cc2c[nH]c3ccccc23)C(=O)OC(C(C)C)C(C)/C=C/C(=O)NCC=C1. The van der Waals surface area contributed by atoms with Gasteiger partial charge in [-0.05, 0) is 30.5 Å². The summed E-state index contributed by atoms with van der Waals surface area (Å²) in [6.45, 7) is 7.68. The molecule has 0 aliphatic carbocycles. The number of H-pyrrole nitrogens is 1. The largest absolute Gasteiger partial charge is 0.460 e. The van der Waals surface area contributed by atoms with Gasteiger partial charge in [-0.3, -0.25) is 9.59 Å². The zero-order chi connectivity index (χ0) is 32.5. The number of ether oxygens (including phenoxy) is 1. The molecule has 0 saturated heterocycles. The maximum atomic E-state index is 14.8. The van der Waals surface area contributed by atoms with E-state index in [0.29, 0.717) is 5.57 Å². The smallest absolute Gasteiger partial charge is 0.329 e. The van der Waals surface area contributed by atoms with E-state index in [1.165, 1.54) is 12.2 Å². The summed E-state index contributed by atoms with van der Waals surface area (Å²) in [6, 6.07) is 6.52. The molecule has 3 heterocycles. The molecule has 240 valence electrons. The highest BCUT2D eigenvalue weighted by atomic mass is 19.1. The van der Waals surface area contributed by atoms with Gasteiger partial charge < -0.3 is 29.9 Å². The van der Waals surface area contributed by atoms with Crippen LogP contribution in [0.4, 0.5) is 4.39 Å². The lowest BCUT2D eigenvalue weighted by atomic mass is 9.94. The Labute approximate surface area is 261 Å². The number of carbonyl (C=O) groups is 3. The molecule has 3 aromatic rings. The molecular formula is C34H41FN4O6. The van der Waals surface area contributed by atoms with E-state index in [2.05, 4.69) is 20.6 Å². The standard InChI is InChI=1S/C34H41FN4O6/c1-20(2)32-22(4)11-12-30(41)36-13-7-8-21(3)14-25(40)16-24(35)17-31-38-29(19-44-31)33(42)39-28(34(43)45-32)15-23-18-37-27-10-6-5-9-26(23)27/h5-12,14,18-20,22,24-25,28,32,37,40H,13,15-17H2,1-4H3,(H,36,41)(H,39,42)/b8-7?,12-11+,21-14?. The second-order valence-corrected chi connectivity index (χ2v) is 11.7. The van der Waals surface area contributed by atoms with Gasteiger partial charge in [-0.1, -0.05) is 68.8 Å². The van der Waals surface area contributed by atoms with Gasteiger partial charge >= 0.3 is 5.97 Å². The molecule has 11 heteroatoms. The molecule has 0 spiro atoms. The number of oxazole rings is 1. The van der Waals surface area contributed by atoms with E-state index in [0.717, 1.165) is 22.7 Å². The van der Waals surface area contributed by atoms with Crippen molar-refractivity contribution in [3.8, 4) is 0 Å². The number of nitrogens with one attached hydrogen (secondary N) is 3. The number of halogens is 1. The average Bonchev–Trinajstić information content (AvgIpc) is 3.62. The van der Waals surface area contributed by atoms with Crippen LogP contribution in [0.3, 0.4) is 0 Å². The quantitative estimate of drug-likeness (QED) is 0.315. The van der Waals surface area contributed by atoms with E-state index in [1.807, 2.05) is 45.0 Å². The van der Waals surface area contributed by atoms with Crippen LogP contribution in [0, 0.1) is 11.8 Å². The van der Waals surface area contributed by atoms with Crippen LogP contribution in [0.15, 0.2) is 77.1 Å². The highest BCUT2D eigenvalue weighted by molar-refractivity contribution is 5.95. The maximum Gasteiger partial charge on any atom is 0.329 e. The number of benzene rings is 1. The van der Waals surface area contributed by atoms with Gasteiger partial charge in [0.05, 0.1) is 12.5 Å². The van der Waals surface area contributed by atoms with Crippen molar-refractivity contribution in [1.82, 2.24) is 20.6 Å². The number of rotatable bonds is 3. The number of cyclic esters (lactones) is 1. The highest BCUT2D eigenvalue weighted by Crippen LogP contribution is 2.23. The lowest BCUT2D eigenvalue weighted by Gasteiger charge is -2.28. The number of nitrogens with zero attached hydrogens (tertiary/aromatic N) is 1. The predicted molar refractivity (Wildman–Crippen MR) is 168 cm³/mol. The fraction of sp³-hybridized carbons (Fsp3) is 0.412. The van der Waals surface area contributed by atoms with Gasteiger partial charge in [0.15, 0.2) is 11.6 Å². The van der Waals surface area contributed by atoms with Crippen LogP contribution in [0.1, 0.15) is 56.1 Å². The van der Waals surface area contributed by atoms with Crippen molar-refractivity contribution in [2.75, 3.05) is 6.54 Å². The molecule has 1 aromatic carbocycles. The van der Waals surface area contributed by atoms with E-state index >= 15 is 0 Å². The lowest BCUT2D eigenvalue weighted by Crippen LogP contribution is -2.46. The fourth-order valence-electron chi connectivity index (χ4n) is 5.30. The molecule has 2 amide bonds. The molecule has 0 fully saturated rings. The minimum Gasteiger partial charge on any atom is -0.460 e. The Bertz CT molecular complexity index is 1570. The normalized spacial score (nSPS) is 25.4. The summed E-state index contributed by atoms with van der Waals surface area (Å²) >= 11 is 0. The minimum absolute atomic E-state index is 0.00850. The average molecular weight is 621 g/mol. The van der Waals surface area contributed by atoms with E-state index < -0.39 is 36.3 Å². The van der Waals surface area contributed by atoms with Crippen LogP contribution in [0.25, 0.3) is 10.9 Å². The Morgan fingerprint density at radius 2 is 1.93 bits per heavy atom. The van der Waals surface area contributed by atoms with E-state index in [9.17, 15) is 23.9 Å². The first-order chi connectivity index (χ1) is 21.5. The van der Waals surface area contributed by atoms with Gasteiger partial charge in [0.1, 0.15) is 24.6 Å². The minimum atomic E-state index is -1.49. The Morgan fingerprint density at radius 1 is 1.16 bits per heavy atom. The predicted octanol–water partition coefficient (Wildman–Crippen LogP) is 4.52. The third-order valence-corrected chi connectivity index (χ3v) is 7.58. The van der Waals surface area contributed by atoms with Gasteiger partial charge in [0.25, 0.3) is 5.91 Å². The summed E-state index contributed by atoms with van der Waals surface area (Å²) in [5.74, 6) is -2.08. The zero-order valence-electron chi connectivity index (χ0n) is 26.0. The number of hydrogen-bond donors (Lipinski definition) is 4. The van der Waals surface area contributed by atoms with E-state index in [4.69, 9.17) is 9.15 Å². The molecule has 5 unspecified atom stereocenters. The first kappa shape index (κ1) is 33.4. The van der Waals surface area contributed by atoms with Crippen molar-refractivity contribution < 1.29 is 33.0 Å². The molecular weight excluding hydrogens is 579 g/mol. The van der Waals surface area contributed by atoms with Crippen molar-refractivity contribution in [1.29, 1.82) is 0 Å². The molecule has 0 saturated carbocycles. The molecule has 4 N–H and O–H groups in total. The second kappa shape index (κ2) is 15.5. The van der Waals surface area contributed by atoms with Gasteiger partial charge in [0.2, 0.25) is 5.91 Å². The number of amides is 2. The van der Waals surface area contributed by atoms with Crippen LogP contribution >= 0.6 is 0 Å². The molecule has 2 aromatic heterocycles. The summed E-state index contributed by atoms with van der Waals surface area (Å²) < 4.78 is 26.2. The third-order valence-electron chi connectivity index (χ3n) is 7.58. The number of aliphatic hydroxyl groups excluding tert-OH is 1. The van der Waals surface area contributed by atoms with Crippen molar-refractivity contribution >= 4 is 28.7 Å². The Kier molecular flexibility index (Phi) is 11.5. The summed E-state index contributed by atoms with van der Waals surface area (Å²) in [5.41, 5.74) is 2.27. The lowest BCUT2D eigenvalue weighted by molar-refractivity contribution is -0.155. The third kappa shape index (κ3) is 9.49. The topological polar surface area (TPSA) is 147 Å². The number of allylic oxidation sites excluding steroid dienone is 2. The fourth-order valence-corrected chi connectivity index (χ4v) is 5.30. The van der Waals surface area contributed by atoms with Crippen LogP contribution in [0.2, 0.25) is 0 Å². The van der Waals surface area contributed by atoms with E-state index in [1.54, 1.807) is 31.3 Å². The number of para-hydroxylation sites is 1. The number of aromatic nitrogens is 2. The Balaban J connectivity index is 1.63. The summed E-state index contributed by atoms with van der Waals surface area (Å²) in [7, 11) is 0. The Hall–Kier alpha value is -4.51. The maximum absolute atomic E-state index is 14.8. The Morgan fingerprint density at radius 3 is 2.71 bits per heavy atom. The highest BCUT2D eigenvalue weighted by Gasteiger charge is 2.31. The monoisotopic (exact) mass is 620 g/mol. The summed E-state index contributed by atoms with van der Waals surface area (Å²) in [6.07, 6.45) is 7.48. The summed E-state index contributed by atoms with van der Waals surface area (Å²) in [5, 5.41) is 16.7. The molecule has 2 bridgehead atoms. The van der Waals surface area contributed by atoms with Crippen molar-refractivity contribution in [2.45, 2.75) is 71.4 Å². The van der Waals surface area contributed by atoms with Gasteiger partial charge in [-0.25, -0.2) is 14.2 Å². The molecule has 0 radical (unpaired) electrons. The molecule has 45 heavy (non-hydrogen) atoms. The zero-order valence-corrected chi connectivity index (χ0v) is 26.0. The number of alkyl halides is 1. The number of hydrogen-bond acceptors (Lipinski definition) is 7. The molecule has 10 nitrogen and oxygen atoms in total. The molecule has 5 atom stereocenters. The first-order valence-electron chi connectivity index (χ1n) is 15.1. The molecule has 4 rings (SSSR count). The van der Waals surface area contributed by atoms with Crippen LogP contribution in [0.5, 0.6) is 0 Å². The van der Waals surface area contributed by atoms with Crippen LogP contribution < -0.4 is 10.6 Å². The number of carbonyl (C=O) groups excluding carboxylic acids is 3. The van der Waals surface area contributed by atoms with Crippen LogP contribution in [-0.2, 0) is 27.2 Å². The van der Waals surface area contributed by atoms with Gasteiger partial charge in [0, 0.05) is 42.4 Å². The number of aliphatic hydroxyl groups is 1.